The van der Waals surface area contributed by atoms with Gasteiger partial charge in [-0.3, -0.25) is 4.79 Å². The first-order valence-electron chi connectivity index (χ1n) is 9.87. The minimum atomic E-state index is -0.0357. The number of hydrogen-bond acceptors (Lipinski definition) is 6. The first-order valence-corrected chi connectivity index (χ1v) is 10.7. The SMILES string of the molecule is C=CCOc1ccc(CN(C)C(=O)c2sc3nc(-c4ccco4)nc(C)c3c2C)cc1. The fraction of sp³-hybridized carbons (Fsp3) is 0.208. The molecule has 0 aliphatic heterocycles. The van der Waals surface area contributed by atoms with Crippen molar-refractivity contribution >= 4 is 27.5 Å². The van der Waals surface area contributed by atoms with E-state index < -0.39 is 0 Å². The Morgan fingerprint density at radius 2 is 2.00 bits per heavy atom. The summed E-state index contributed by atoms with van der Waals surface area (Å²) in [4.78, 5) is 25.6. The highest BCUT2D eigenvalue weighted by molar-refractivity contribution is 7.20. The van der Waals surface area contributed by atoms with Gasteiger partial charge in [0, 0.05) is 19.0 Å². The van der Waals surface area contributed by atoms with Gasteiger partial charge in [0.1, 0.15) is 17.2 Å². The van der Waals surface area contributed by atoms with Gasteiger partial charge in [0.15, 0.2) is 11.6 Å². The van der Waals surface area contributed by atoms with Crippen LogP contribution in [-0.4, -0.2) is 34.4 Å². The van der Waals surface area contributed by atoms with E-state index in [-0.39, 0.29) is 5.91 Å². The zero-order valence-corrected chi connectivity index (χ0v) is 18.5. The minimum absolute atomic E-state index is 0.0357. The first kappa shape index (κ1) is 20.8. The van der Waals surface area contributed by atoms with Gasteiger partial charge >= 0.3 is 0 Å². The van der Waals surface area contributed by atoms with Crippen molar-refractivity contribution in [3.63, 3.8) is 0 Å². The number of ether oxygens (including phenoxy) is 1. The molecule has 158 valence electrons. The molecule has 0 N–H and O–H groups in total. The normalized spacial score (nSPS) is 10.9. The molecule has 0 saturated carbocycles. The average Bonchev–Trinajstić information content (AvgIpc) is 3.41. The van der Waals surface area contributed by atoms with Crippen molar-refractivity contribution in [2.24, 2.45) is 0 Å². The van der Waals surface area contributed by atoms with Gasteiger partial charge in [0.2, 0.25) is 0 Å². The highest BCUT2D eigenvalue weighted by Gasteiger charge is 2.22. The number of benzene rings is 1. The Labute approximate surface area is 184 Å². The van der Waals surface area contributed by atoms with Gasteiger partial charge in [-0.2, -0.15) is 0 Å². The smallest absolute Gasteiger partial charge is 0.264 e. The molecule has 0 aliphatic carbocycles. The van der Waals surface area contributed by atoms with Crippen LogP contribution in [0.25, 0.3) is 21.8 Å². The summed E-state index contributed by atoms with van der Waals surface area (Å²) in [6.07, 6.45) is 3.30. The Balaban J connectivity index is 1.57. The van der Waals surface area contributed by atoms with Crippen molar-refractivity contribution in [2.75, 3.05) is 13.7 Å². The molecule has 1 aromatic carbocycles. The van der Waals surface area contributed by atoms with Crippen molar-refractivity contribution in [3.05, 3.63) is 77.0 Å². The summed E-state index contributed by atoms with van der Waals surface area (Å²) in [7, 11) is 1.81. The second kappa shape index (κ2) is 8.73. The fourth-order valence-electron chi connectivity index (χ4n) is 3.42. The monoisotopic (exact) mass is 433 g/mol. The van der Waals surface area contributed by atoms with Crippen LogP contribution in [0.5, 0.6) is 5.75 Å². The lowest BCUT2D eigenvalue weighted by Gasteiger charge is -2.17. The van der Waals surface area contributed by atoms with Crippen LogP contribution in [0.2, 0.25) is 0 Å². The van der Waals surface area contributed by atoms with Crippen molar-refractivity contribution < 1.29 is 13.9 Å². The van der Waals surface area contributed by atoms with Crippen LogP contribution < -0.4 is 4.74 Å². The number of carbonyl (C=O) groups is 1. The zero-order valence-electron chi connectivity index (χ0n) is 17.7. The van der Waals surface area contributed by atoms with Crippen LogP contribution in [-0.2, 0) is 6.54 Å². The molecule has 0 aliphatic rings. The zero-order chi connectivity index (χ0) is 22.0. The first-order chi connectivity index (χ1) is 15.0. The molecule has 3 aromatic heterocycles. The summed E-state index contributed by atoms with van der Waals surface area (Å²) in [6, 6.07) is 11.4. The van der Waals surface area contributed by atoms with E-state index in [0.29, 0.717) is 29.6 Å². The molecule has 0 bridgehead atoms. The van der Waals surface area contributed by atoms with Crippen molar-refractivity contribution in [1.82, 2.24) is 14.9 Å². The predicted molar refractivity (Wildman–Crippen MR) is 123 cm³/mol. The lowest BCUT2D eigenvalue weighted by Crippen LogP contribution is -2.25. The van der Waals surface area contributed by atoms with Crippen LogP contribution in [0.4, 0.5) is 0 Å². The number of fused-ring (bicyclic) bond motifs is 1. The molecule has 0 atom stereocenters. The van der Waals surface area contributed by atoms with Gasteiger partial charge in [-0.25, -0.2) is 9.97 Å². The van der Waals surface area contributed by atoms with Crippen molar-refractivity contribution in [2.45, 2.75) is 20.4 Å². The van der Waals surface area contributed by atoms with Crippen LogP contribution in [0, 0.1) is 13.8 Å². The number of carbonyl (C=O) groups excluding carboxylic acids is 1. The second-order valence-corrected chi connectivity index (χ2v) is 8.25. The molecule has 1 amide bonds. The highest BCUT2D eigenvalue weighted by atomic mass is 32.1. The minimum Gasteiger partial charge on any atom is -0.490 e. The topological polar surface area (TPSA) is 68.5 Å². The number of thiophene rings is 1. The van der Waals surface area contributed by atoms with E-state index >= 15 is 0 Å². The van der Waals surface area contributed by atoms with Crippen LogP contribution in [0.15, 0.2) is 59.7 Å². The van der Waals surface area contributed by atoms with Gasteiger partial charge < -0.3 is 14.1 Å². The average molecular weight is 434 g/mol. The summed E-state index contributed by atoms with van der Waals surface area (Å²) < 4.78 is 10.9. The Hall–Kier alpha value is -3.45. The molecule has 0 unspecified atom stereocenters. The Bertz CT molecular complexity index is 1230. The molecule has 0 spiro atoms. The number of furan rings is 1. The fourth-order valence-corrected chi connectivity index (χ4v) is 4.65. The van der Waals surface area contributed by atoms with E-state index in [1.165, 1.54) is 11.3 Å². The number of aryl methyl sites for hydroxylation is 2. The molecule has 3 heterocycles. The quantitative estimate of drug-likeness (QED) is 0.365. The third-order valence-electron chi connectivity index (χ3n) is 4.96. The maximum Gasteiger partial charge on any atom is 0.264 e. The summed E-state index contributed by atoms with van der Waals surface area (Å²) in [5, 5.41) is 0.931. The van der Waals surface area contributed by atoms with Crippen LogP contribution in [0.3, 0.4) is 0 Å². The van der Waals surface area contributed by atoms with E-state index in [1.807, 2.05) is 44.2 Å². The summed E-state index contributed by atoms with van der Waals surface area (Å²) in [6.45, 7) is 8.49. The highest BCUT2D eigenvalue weighted by Crippen LogP contribution is 2.33. The van der Waals surface area contributed by atoms with E-state index in [9.17, 15) is 4.79 Å². The van der Waals surface area contributed by atoms with Crippen molar-refractivity contribution in [3.8, 4) is 17.3 Å². The predicted octanol–water partition coefficient (Wildman–Crippen LogP) is 5.41. The Morgan fingerprint density at radius 1 is 1.23 bits per heavy atom. The number of amides is 1. The maximum atomic E-state index is 13.2. The molecule has 31 heavy (non-hydrogen) atoms. The number of rotatable bonds is 7. The van der Waals surface area contributed by atoms with E-state index in [4.69, 9.17) is 9.15 Å². The second-order valence-electron chi connectivity index (χ2n) is 7.25. The van der Waals surface area contributed by atoms with E-state index in [1.54, 1.807) is 30.4 Å². The van der Waals surface area contributed by atoms with Gasteiger partial charge in [0.25, 0.3) is 5.91 Å². The number of aromatic nitrogens is 2. The van der Waals surface area contributed by atoms with Crippen LogP contribution in [0.1, 0.15) is 26.5 Å². The molecule has 4 rings (SSSR count). The third-order valence-corrected chi connectivity index (χ3v) is 6.14. The molecule has 0 fully saturated rings. The Morgan fingerprint density at radius 3 is 2.68 bits per heavy atom. The number of hydrogen-bond donors (Lipinski definition) is 0. The van der Waals surface area contributed by atoms with Crippen molar-refractivity contribution in [1.29, 1.82) is 0 Å². The van der Waals surface area contributed by atoms with Gasteiger partial charge in [-0.15, -0.1) is 11.3 Å². The Kier molecular flexibility index (Phi) is 5.86. The molecule has 4 aromatic rings. The third kappa shape index (κ3) is 4.22. The van der Waals surface area contributed by atoms with Gasteiger partial charge in [0.05, 0.1) is 16.8 Å². The van der Waals surface area contributed by atoms with Gasteiger partial charge in [-0.1, -0.05) is 24.8 Å². The molecular formula is C24H23N3O3S. The van der Waals surface area contributed by atoms with Crippen LogP contribution >= 0.6 is 11.3 Å². The summed E-state index contributed by atoms with van der Waals surface area (Å²) in [5.74, 6) is 1.88. The summed E-state index contributed by atoms with van der Waals surface area (Å²) >= 11 is 1.39. The molecule has 0 saturated heterocycles. The molecule has 6 nitrogen and oxygen atoms in total. The molecule has 0 radical (unpaired) electrons. The summed E-state index contributed by atoms with van der Waals surface area (Å²) in [5.41, 5.74) is 2.77. The lowest BCUT2D eigenvalue weighted by atomic mass is 10.1. The lowest BCUT2D eigenvalue weighted by molar-refractivity contribution is 0.0789. The molecular weight excluding hydrogens is 410 g/mol. The number of nitrogens with zero attached hydrogens (tertiary/aromatic N) is 3. The standard InChI is InChI=1S/C24H23N3O3S/c1-5-12-29-18-10-8-17(9-11-18)14-27(4)24(28)21-15(2)20-16(3)25-22(26-23(20)31-21)19-7-6-13-30-19/h5-11,13H,1,12,14H2,2-4H3. The largest absolute Gasteiger partial charge is 0.490 e. The van der Waals surface area contributed by atoms with Gasteiger partial charge in [-0.05, 0) is 49.2 Å². The van der Waals surface area contributed by atoms with E-state index in [0.717, 1.165) is 32.8 Å². The molecule has 7 heteroatoms. The maximum absolute atomic E-state index is 13.2. The van der Waals surface area contributed by atoms with E-state index in [2.05, 4.69) is 16.5 Å².